The number of benzene rings is 1. The number of rotatable bonds is 11. The van der Waals surface area contributed by atoms with Gasteiger partial charge in [0, 0.05) is 32.2 Å². The van der Waals surface area contributed by atoms with Gasteiger partial charge in [0.25, 0.3) is 0 Å². The van der Waals surface area contributed by atoms with E-state index in [1.165, 1.54) is 0 Å². The van der Waals surface area contributed by atoms with E-state index < -0.39 is 9.84 Å². The number of aliphatic imine (C=N–C) groups is 1. The number of nitrogens with one attached hydrogen (secondary N) is 2. The molecule has 31 heavy (non-hydrogen) atoms. The molecule has 1 aromatic rings. The molecule has 1 aliphatic heterocycles. The standard InChI is InChI=1S/C22H38N4O3S.HI/c1-4-23-22(25-17-21(19(2)3)26-12-14-29-15-13-26)24-11-8-16-30(27,28)18-20-9-6-5-7-10-20;/h5-7,9-10,19,21H,4,8,11-18H2,1-3H3,(H2,23,24,25);1H. The Balaban J connectivity index is 0.00000480. The molecule has 178 valence electrons. The van der Waals surface area contributed by atoms with Crippen molar-refractivity contribution in [3.8, 4) is 0 Å². The number of hydrogen-bond donors (Lipinski definition) is 2. The second-order valence-electron chi connectivity index (χ2n) is 8.04. The smallest absolute Gasteiger partial charge is 0.191 e. The van der Waals surface area contributed by atoms with Crippen LogP contribution < -0.4 is 10.6 Å². The highest BCUT2D eigenvalue weighted by molar-refractivity contribution is 14.0. The van der Waals surface area contributed by atoms with Crippen LogP contribution in [0.2, 0.25) is 0 Å². The molecule has 7 nitrogen and oxygen atoms in total. The molecule has 2 N–H and O–H groups in total. The Kier molecular flexibility index (Phi) is 13.6. The lowest BCUT2D eigenvalue weighted by Gasteiger charge is -2.36. The van der Waals surface area contributed by atoms with Crippen molar-refractivity contribution in [3.63, 3.8) is 0 Å². The van der Waals surface area contributed by atoms with Gasteiger partial charge in [-0.1, -0.05) is 44.2 Å². The van der Waals surface area contributed by atoms with E-state index in [1.807, 2.05) is 37.3 Å². The summed E-state index contributed by atoms with van der Waals surface area (Å²) in [5.41, 5.74) is 0.836. The van der Waals surface area contributed by atoms with E-state index in [-0.39, 0.29) is 35.5 Å². The first kappa shape index (κ1) is 28.1. The minimum absolute atomic E-state index is 0. The zero-order chi connectivity index (χ0) is 21.8. The predicted molar refractivity (Wildman–Crippen MR) is 139 cm³/mol. The highest BCUT2D eigenvalue weighted by Gasteiger charge is 2.23. The van der Waals surface area contributed by atoms with Gasteiger partial charge >= 0.3 is 0 Å². The average Bonchev–Trinajstić information content (AvgIpc) is 2.72. The monoisotopic (exact) mass is 566 g/mol. The minimum atomic E-state index is -3.12. The average molecular weight is 567 g/mol. The Morgan fingerprint density at radius 2 is 1.84 bits per heavy atom. The molecular formula is C22H39IN4O3S. The lowest BCUT2D eigenvalue weighted by atomic mass is 10.0. The van der Waals surface area contributed by atoms with Gasteiger partial charge in [-0.15, -0.1) is 24.0 Å². The Labute approximate surface area is 205 Å². The lowest BCUT2D eigenvalue weighted by molar-refractivity contribution is 0.00867. The maximum Gasteiger partial charge on any atom is 0.191 e. The normalized spacial score (nSPS) is 16.6. The van der Waals surface area contributed by atoms with Crippen LogP contribution in [-0.4, -0.2) is 77.0 Å². The fraction of sp³-hybridized carbons (Fsp3) is 0.682. The second kappa shape index (κ2) is 15.0. The van der Waals surface area contributed by atoms with Crippen LogP contribution in [0.25, 0.3) is 0 Å². The van der Waals surface area contributed by atoms with E-state index in [1.54, 1.807) is 0 Å². The van der Waals surface area contributed by atoms with Gasteiger partial charge in [0.1, 0.15) is 0 Å². The van der Waals surface area contributed by atoms with Gasteiger partial charge in [-0.05, 0) is 24.8 Å². The number of sulfone groups is 1. The fourth-order valence-corrected chi connectivity index (χ4v) is 5.01. The Bertz CT molecular complexity index is 738. The molecule has 1 aliphatic rings. The first-order valence-electron chi connectivity index (χ1n) is 11.0. The summed E-state index contributed by atoms with van der Waals surface area (Å²) in [5.74, 6) is 1.50. The number of hydrogen-bond acceptors (Lipinski definition) is 5. The topological polar surface area (TPSA) is 83.0 Å². The number of nitrogens with zero attached hydrogens (tertiary/aromatic N) is 2. The van der Waals surface area contributed by atoms with Gasteiger partial charge in [-0.3, -0.25) is 9.89 Å². The Morgan fingerprint density at radius 1 is 1.16 bits per heavy atom. The van der Waals surface area contributed by atoms with Crippen LogP contribution in [0, 0.1) is 5.92 Å². The molecule has 1 fully saturated rings. The van der Waals surface area contributed by atoms with Crippen LogP contribution in [0.1, 0.15) is 32.8 Å². The van der Waals surface area contributed by atoms with Crippen molar-refractivity contribution in [2.45, 2.75) is 39.0 Å². The summed E-state index contributed by atoms with van der Waals surface area (Å²) in [5, 5.41) is 6.55. The molecule has 0 spiro atoms. The first-order valence-corrected chi connectivity index (χ1v) is 12.8. The van der Waals surface area contributed by atoms with Gasteiger partial charge in [0.2, 0.25) is 0 Å². The van der Waals surface area contributed by atoms with Crippen molar-refractivity contribution < 1.29 is 13.2 Å². The molecule has 1 saturated heterocycles. The third kappa shape index (κ3) is 11.0. The molecule has 0 radical (unpaired) electrons. The molecular weight excluding hydrogens is 527 g/mol. The van der Waals surface area contributed by atoms with Crippen LogP contribution in [0.5, 0.6) is 0 Å². The molecule has 0 bridgehead atoms. The predicted octanol–water partition coefficient (Wildman–Crippen LogP) is 2.52. The SMILES string of the molecule is CCNC(=NCC(C(C)C)N1CCOCC1)NCCCS(=O)(=O)Cc1ccccc1.I. The molecule has 0 amide bonds. The summed E-state index contributed by atoms with van der Waals surface area (Å²) in [6.45, 7) is 12.0. The van der Waals surface area contributed by atoms with Gasteiger partial charge in [0.15, 0.2) is 15.8 Å². The lowest BCUT2D eigenvalue weighted by Crippen LogP contribution is -2.48. The summed E-state index contributed by atoms with van der Waals surface area (Å²) in [7, 11) is -3.12. The van der Waals surface area contributed by atoms with Gasteiger partial charge in [-0.2, -0.15) is 0 Å². The highest BCUT2D eigenvalue weighted by Crippen LogP contribution is 2.13. The summed E-state index contributed by atoms with van der Waals surface area (Å²) in [4.78, 5) is 7.23. The Hall–Kier alpha value is -0.910. The quantitative estimate of drug-likeness (QED) is 0.186. The highest BCUT2D eigenvalue weighted by atomic mass is 127. The van der Waals surface area contributed by atoms with Gasteiger partial charge in [-0.25, -0.2) is 8.42 Å². The van der Waals surface area contributed by atoms with Crippen LogP contribution in [0.3, 0.4) is 0 Å². The molecule has 1 unspecified atom stereocenters. The largest absolute Gasteiger partial charge is 0.379 e. The summed E-state index contributed by atoms with van der Waals surface area (Å²) in [6, 6.07) is 9.71. The number of morpholine rings is 1. The van der Waals surface area contributed by atoms with Crippen molar-refractivity contribution in [1.82, 2.24) is 15.5 Å². The van der Waals surface area contributed by atoms with E-state index >= 15 is 0 Å². The third-order valence-corrected chi connectivity index (χ3v) is 6.90. The van der Waals surface area contributed by atoms with Crippen molar-refractivity contribution in [3.05, 3.63) is 35.9 Å². The van der Waals surface area contributed by atoms with Crippen molar-refractivity contribution in [2.24, 2.45) is 10.9 Å². The molecule has 0 saturated carbocycles. The first-order chi connectivity index (χ1) is 14.4. The van der Waals surface area contributed by atoms with Crippen molar-refractivity contribution in [2.75, 3.05) is 51.7 Å². The van der Waals surface area contributed by atoms with Crippen LogP contribution in [0.4, 0.5) is 0 Å². The number of halogens is 1. The maximum absolute atomic E-state index is 12.3. The van der Waals surface area contributed by atoms with E-state index in [9.17, 15) is 8.42 Å². The van der Waals surface area contributed by atoms with Crippen LogP contribution in [0.15, 0.2) is 35.3 Å². The van der Waals surface area contributed by atoms with Gasteiger partial charge in [0.05, 0.1) is 31.3 Å². The second-order valence-corrected chi connectivity index (χ2v) is 10.2. The molecule has 1 atom stereocenters. The zero-order valence-electron chi connectivity index (χ0n) is 19.0. The Morgan fingerprint density at radius 3 is 2.45 bits per heavy atom. The summed E-state index contributed by atoms with van der Waals surface area (Å²) in [6.07, 6.45) is 0.552. The van der Waals surface area contributed by atoms with E-state index in [0.717, 1.165) is 44.4 Å². The third-order valence-electron chi connectivity index (χ3n) is 5.22. The zero-order valence-corrected chi connectivity index (χ0v) is 22.2. The van der Waals surface area contributed by atoms with Crippen molar-refractivity contribution in [1.29, 1.82) is 0 Å². The van der Waals surface area contributed by atoms with Crippen molar-refractivity contribution >= 4 is 39.8 Å². The van der Waals surface area contributed by atoms with Crippen LogP contribution in [-0.2, 0) is 20.3 Å². The number of ether oxygens (including phenoxy) is 1. The fourth-order valence-electron chi connectivity index (χ4n) is 3.58. The molecule has 0 aliphatic carbocycles. The molecule has 1 heterocycles. The number of guanidine groups is 1. The molecule has 1 aromatic carbocycles. The van der Waals surface area contributed by atoms with E-state index in [2.05, 4.69) is 29.4 Å². The maximum atomic E-state index is 12.3. The summed E-state index contributed by atoms with van der Waals surface area (Å²) >= 11 is 0. The van der Waals surface area contributed by atoms with E-state index in [4.69, 9.17) is 9.73 Å². The minimum Gasteiger partial charge on any atom is -0.379 e. The van der Waals surface area contributed by atoms with E-state index in [0.29, 0.717) is 31.5 Å². The molecule has 9 heteroatoms. The summed E-state index contributed by atoms with van der Waals surface area (Å²) < 4.78 is 30.2. The molecule has 0 aromatic heterocycles. The van der Waals surface area contributed by atoms with Crippen LogP contribution >= 0.6 is 24.0 Å². The van der Waals surface area contributed by atoms with Gasteiger partial charge < -0.3 is 15.4 Å². The molecule has 2 rings (SSSR count).